The molecule has 7 heteroatoms. The lowest BCUT2D eigenvalue weighted by molar-refractivity contribution is -0.398. The van der Waals surface area contributed by atoms with Crippen LogP contribution in [0.1, 0.15) is 34.3 Å². The molecule has 1 atom stereocenters. The topological polar surface area (TPSA) is 104 Å². The largest absolute Gasteiger partial charge is 0.868 e. The Labute approximate surface area is 135 Å². The van der Waals surface area contributed by atoms with E-state index in [1.807, 2.05) is 0 Å². The van der Waals surface area contributed by atoms with Crippen molar-refractivity contribution in [2.45, 2.75) is 12.8 Å². The van der Waals surface area contributed by atoms with Gasteiger partial charge >= 0.3 is 0 Å². The molecule has 0 fully saturated rings. The quantitative estimate of drug-likeness (QED) is 0.518. The zero-order chi connectivity index (χ0) is 17.6. The van der Waals surface area contributed by atoms with Crippen LogP contribution in [-0.2, 0) is 0 Å². The van der Waals surface area contributed by atoms with E-state index in [9.17, 15) is 29.5 Å². The Balaban J connectivity index is 2.12. The van der Waals surface area contributed by atoms with Crippen LogP contribution < -0.4 is 5.11 Å². The van der Waals surface area contributed by atoms with Crippen LogP contribution in [0.2, 0.25) is 0 Å². The molecule has 0 saturated carbocycles. The Morgan fingerprint density at radius 3 is 2.62 bits per heavy atom. The maximum absolute atomic E-state index is 14.0. The zero-order valence-corrected chi connectivity index (χ0v) is 12.4. The molecule has 24 heavy (non-hydrogen) atoms. The van der Waals surface area contributed by atoms with Gasteiger partial charge in [-0.05, 0) is 29.5 Å². The number of allylic oxidation sites excluding steroid dienone is 1. The maximum atomic E-state index is 14.0. The Morgan fingerprint density at radius 2 is 2.00 bits per heavy atom. The molecule has 1 aliphatic carbocycles. The standard InChI is InChI=1S/C17H12FNO5/c1-8-10(6-9-2-4-13(20)12(7-9)19(23)24)17(22)16-14(21)5-3-11(18)15(8)16/h2-8,20-21H,1H3/p-1/b10-6+/t8-/m0/s1. The summed E-state index contributed by atoms with van der Waals surface area (Å²) < 4.78 is 14.0. The first-order valence-corrected chi connectivity index (χ1v) is 7.04. The number of Topliss-reactive ketones (excluding diaryl/α,β-unsaturated/α-hetero) is 1. The minimum atomic E-state index is -0.801. The summed E-state index contributed by atoms with van der Waals surface area (Å²) in [6, 6.07) is 5.65. The van der Waals surface area contributed by atoms with E-state index in [1.54, 1.807) is 6.92 Å². The summed E-state index contributed by atoms with van der Waals surface area (Å²) in [5, 5.41) is 32.1. The Morgan fingerprint density at radius 1 is 1.29 bits per heavy atom. The van der Waals surface area contributed by atoms with Gasteiger partial charge in [-0.1, -0.05) is 19.1 Å². The second-order valence-corrected chi connectivity index (χ2v) is 5.49. The van der Waals surface area contributed by atoms with E-state index in [-0.39, 0.29) is 28.0 Å². The average Bonchev–Trinajstić information content (AvgIpc) is 2.78. The van der Waals surface area contributed by atoms with Crippen LogP contribution in [0.5, 0.6) is 11.5 Å². The van der Waals surface area contributed by atoms with Gasteiger partial charge in [0.25, 0.3) is 5.69 Å². The van der Waals surface area contributed by atoms with Gasteiger partial charge in [-0.2, -0.15) is 0 Å². The highest BCUT2D eigenvalue weighted by atomic mass is 19.1. The molecule has 0 heterocycles. The molecule has 1 N–H and O–H groups in total. The number of phenolic OH excluding ortho intramolecular Hbond substituents is 1. The Kier molecular flexibility index (Phi) is 3.56. The van der Waals surface area contributed by atoms with Crippen molar-refractivity contribution in [1.82, 2.24) is 0 Å². The van der Waals surface area contributed by atoms with Gasteiger partial charge in [0.1, 0.15) is 11.6 Å². The van der Waals surface area contributed by atoms with Gasteiger partial charge in [0.15, 0.2) is 5.78 Å². The highest BCUT2D eigenvalue weighted by Gasteiger charge is 2.36. The first kappa shape index (κ1) is 15.7. The van der Waals surface area contributed by atoms with Crippen molar-refractivity contribution in [3.8, 4) is 11.5 Å². The van der Waals surface area contributed by atoms with E-state index >= 15 is 0 Å². The molecular formula is C17H11FNO5-. The molecule has 2 aromatic rings. The minimum Gasteiger partial charge on any atom is -0.868 e. The average molecular weight is 328 g/mol. The third-order valence-corrected chi connectivity index (χ3v) is 4.06. The number of nitrogens with zero attached hydrogens (tertiary/aromatic N) is 1. The van der Waals surface area contributed by atoms with Crippen molar-refractivity contribution in [3.63, 3.8) is 0 Å². The number of hydrogen-bond acceptors (Lipinski definition) is 5. The number of benzene rings is 2. The predicted octanol–water partition coefficient (Wildman–Crippen LogP) is 2.90. The molecule has 0 spiro atoms. The van der Waals surface area contributed by atoms with Gasteiger partial charge in [-0.15, -0.1) is 0 Å². The minimum absolute atomic E-state index is 0.0938. The zero-order valence-electron chi connectivity index (χ0n) is 12.4. The normalized spacial score (nSPS) is 18.0. The second kappa shape index (κ2) is 5.45. The Hall–Kier alpha value is -3.22. The molecule has 6 nitrogen and oxygen atoms in total. The summed E-state index contributed by atoms with van der Waals surface area (Å²) in [5.74, 6) is -2.81. The fraction of sp³-hybridized carbons (Fsp3) is 0.118. The molecule has 1 aliphatic rings. The monoisotopic (exact) mass is 328 g/mol. The number of halogens is 1. The number of ketones is 1. The number of fused-ring (bicyclic) bond motifs is 1. The number of nitro groups is 1. The maximum Gasteiger partial charge on any atom is 0.262 e. The van der Waals surface area contributed by atoms with Crippen molar-refractivity contribution in [3.05, 3.63) is 68.5 Å². The fourth-order valence-corrected chi connectivity index (χ4v) is 2.88. The highest BCUT2D eigenvalue weighted by molar-refractivity contribution is 6.18. The van der Waals surface area contributed by atoms with Gasteiger partial charge in [-0.3, -0.25) is 14.9 Å². The number of carbonyl (C=O) groups is 1. The number of aromatic hydroxyl groups is 1. The first-order chi connectivity index (χ1) is 11.3. The predicted molar refractivity (Wildman–Crippen MR) is 81.3 cm³/mol. The fourth-order valence-electron chi connectivity index (χ4n) is 2.88. The van der Waals surface area contributed by atoms with E-state index < -0.39 is 33.9 Å². The van der Waals surface area contributed by atoms with Gasteiger partial charge in [-0.25, -0.2) is 4.39 Å². The van der Waals surface area contributed by atoms with Crippen LogP contribution in [0, 0.1) is 15.9 Å². The number of carbonyl (C=O) groups excluding carboxylic acids is 1. The van der Waals surface area contributed by atoms with Gasteiger partial charge in [0.2, 0.25) is 0 Å². The Bertz CT molecular complexity index is 919. The molecule has 0 unspecified atom stereocenters. The summed E-state index contributed by atoms with van der Waals surface area (Å²) in [5.41, 5.74) is -0.124. The van der Waals surface area contributed by atoms with Gasteiger partial charge < -0.3 is 10.2 Å². The van der Waals surface area contributed by atoms with E-state index in [1.165, 1.54) is 12.1 Å². The summed E-state index contributed by atoms with van der Waals surface area (Å²) >= 11 is 0. The van der Waals surface area contributed by atoms with E-state index in [0.29, 0.717) is 0 Å². The second-order valence-electron chi connectivity index (χ2n) is 5.49. The molecule has 0 amide bonds. The van der Waals surface area contributed by atoms with Crippen LogP contribution in [0.15, 0.2) is 35.9 Å². The third-order valence-electron chi connectivity index (χ3n) is 4.06. The molecule has 0 radical (unpaired) electrons. The van der Waals surface area contributed by atoms with Crippen LogP contribution in [0.4, 0.5) is 10.1 Å². The van der Waals surface area contributed by atoms with Crippen molar-refractivity contribution in [2.24, 2.45) is 0 Å². The highest BCUT2D eigenvalue weighted by Crippen LogP contribution is 2.43. The summed E-state index contributed by atoms with van der Waals surface area (Å²) in [4.78, 5) is 22.5. The molecule has 0 aliphatic heterocycles. The van der Waals surface area contributed by atoms with Crippen molar-refractivity contribution in [2.75, 3.05) is 0 Å². The lowest BCUT2D eigenvalue weighted by atomic mass is 9.97. The number of phenols is 1. The summed E-state index contributed by atoms with van der Waals surface area (Å²) in [6.45, 7) is 1.61. The molecule has 0 bridgehead atoms. The van der Waals surface area contributed by atoms with Crippen LogP contribution in [0.25, 0.3) is 6.08 Å². The number of hydrogen-bond donors (Lipinski definition) is 1. The molecule has 3 rings (SSSR count). The number of rotatable bonds is 2. The van der Waals surface area contributed by atoms with Gasteiger partial charge in [0.05, 0.1) is 10.5 Å². The van der Waals surface area contributed by atoms with E-state index in [2.05, 4.69) is 0 Å². The molecule has 0 saturated heterocycles. The van der Waals surface area contributed by atoms with E-state index in [4.69, 9.17) is 0 Å². The lowest BCUT2D eigenvalue weighted by Crippen LogP contribution is -2.00. The van der Waals surface area contributed by atoms with Crippen molar-refractivity contribution < 1.29 is 24.3 Å². The molecule has 122 valence electrons. The lowest BCUT2D eigenvalue weighted by Gasteiger charge is -2.09. The SMILES string of the molecule is C[C@H]1/C(=C\c2ccc([O-])c([N+](=O)[O-])c2)C(=O)c2c(O)ccc(F)c21. The van der Waals surface area contributed by atoms with Crippen LogP contribution in [0.3, 0.4) is 0 Å². The first-order valence-electron chi connectivity index (χ1n) is 7.04. The smallest absolute Gasteiger partial charge is 0.262 e. The molecule has 0 aromatic heterocycles. The van der Waals surface area contributed by atoms with Crippen LogP contribution in [-0.4, -0.2) is 15.8 Å². The third kappa shape index (κ3) is 2.30. The summed E-state index contributed by atoms with van der Waals surface area (Å²) in [7, 11) is 0. The molecular weight excluding hydrogens is 317 g/mol. The van der Waals surface area contributed by atoms with Crippen molar-refractivity contribution >= 4 is 17.5 Å². The molecule has 2 aromatic carbocycles. The summed E-state index contributed by atoms with van der Waals surface area (Å²) in [6.07, 6.45) is 1.37. The number of nitro benzene ring substituents is 1. The van der Waals surface area contributed by atoms with E-state index in [0.717, 1.165) is 24.3 Å². The van der Waals surface area contributed by atoms with Gasteiger partial charge in [0, 0.05) is 23.1 Å². The van der Waals surface area contributed by atoms with Crippen LogP contribution >= 0.6 is 0 Å². The van der Waals surface area contributed by atoms with Crippen molar-refractivity contribution in [1.29, 1.82) is 0 Å².